The van der Waals surface area contributed by atoms with E-state index in [0.717, 1.165) is 19.6 Å². The average molecular weight is 346 g/mol. The molecule has 1 unspecified atom stereocenters. The molecule has 1 saturated heterocycles. The Hall–Kier alpha value is -1.78. The van der Waals surface area contributed by atoms with Crippen molar-refractivity contribution in [2.24, 2.45) is 7.05 Å². The molecule has 1 fully saturated rings. The van der Waals surface area contributed by atoms with Gasteiger partial charge in [0.15, 0.2) is 0 Å². The quantitative estimate of drug-likeness (QED) is 0.903. The standard InChI is InChI=1S/C19H24ClN3O/c1-14-5-3-4-6-17(14)15-7-9-23(12-15)10-8-21-19(24)18-11-16(20)13-22(18)2/h3-6,11,13,15H,7-10,12H2,1-2H3,(H,21,24). The monoisotopic (exact) mass is 345 g/mol. The van der Waals surface area contributed by atoms with Gasteiger partial charge in [-0.2, -0.15) is 0 Å². The van der Waals surface area contributed by atoms with E-state index in [1.54, 1.807) is 16.8 Å². The Morgan fingerprint density at radius 2 is 2.17 bits per heavy atom. The number of nitrogens with one attached hydrogen (secondary N) is 1. The van der Waals surface area contributed by atoms with E-state index >= 15 is 0 Å². The normalized spacial score (nSPS) is 18.0. The van der Waals surface area contributed by atoms with Gasteiger partial charge in [0.25, 0.3) is 5.91 Å². The number of benzene rings is 1. The van der Waals surface area contributed by atoms with Crippen LogP contribution in [-0.2, 0) is 7.05 Å². The Kier molecular flexibility index (Phi) is 5.27. The van der Waals surface area contributed by atoms with E-state index in [9.17, 15) is 4.79 Å². The topological polar surface area (TPSA) is 37.3 Å². The number of carbonyl (C=O) groups is 1. The highest BCUT2D eigenvalue weighted by molar-refractivity contribution is 6.31. The summed E-state index contributed by atoms with van der Waals surface area (Å²) >= 11 is 5.93. The van der Waals surface area contributed by atoms with E-state index < -0.39 is 0 Å². The predicted octanol–water partition coefficient (Wildman–Crippen LogP) is 3.21. The third kappa shape index (κ3) is 3.82. The van der Waals surface area contributed by atoms with Crippen molar-refractivity contribution in [2.75, 3.05) is 26.2 Å². The molecular formula is C19H24ClN3O. The first-order chi connectivity index (χ1) is 11.5. The molecule has 0 saturated carbocycles. The van der Waals surface area contributed by atoms with Crippen molar-refractivity contribution in [1.29, 1.82) is 0 Å². The van der Waals surface area contributed by atoms with Crippen LogP contribution in [0, 0.1) is 6.92 Å². The van der Waals surface area contributed by atoms with Gasteiger partial charge in [-0.25, -0.2) is 0 Å². The van der Waals surface area contributed by atoms with Crippen LogP contribution in [0.1, 0.15) is 34.0 Å². The zero-order valence-corrected chi connectivity index (χ0v) is 15.0. The maximum absolute atomic E-state index is 12.2. The Balaban J connectivity index is 1.47. The fraction of sp³-hybridized carbons (Fsp3) is 0.421. The summed E-state index contributed by atoms with van der Waals surface area (Å²) in [7, 11) is 1.83. The first-order valence-corrected chi connectivity index (χ1v) is 8.80. The maximum Gasteiger partial charge on any atom is 0.267 e. The van der Waals surface area contributed by atoms with Crippen LogP contribution in [0.5, 0.6) is 0 Å². The number of likely N-dealkylation sites (tertiary alicyclic amines) is 1. The van der Waals surface area contributed by atoms with Gasteiger partial charge in [0.1, 0.15) is 5.69 Å². The molecule has 0 aliphatic carbocycles. The largest absolute Gasteiger partial charge is 0.349 e. The highest BCUT2D eigenvalue weighted by atomic mass is 35.5. The molecule has 4 nitrogen and oxygen atoms in total. The van der Waals surface area contributed by atoms with Crippen molar-refractivity contribution in [3.8, 4) is 0 Å². The second-order valence-corrected chi connectivity index (χ2v) is 6.99. The van der Waals surface area contributed by atoms with Crippen molar-refractivity contribution in [3.05, 3.63) is 58.4 Å². The van der Waals surface area contributed by atoms with Crippen LogP contribution in [0.3, 0.4) is 0 Å². The molecule has 128 valence electrons. The van der Waals surface area contributed by atoms with Gasteiger partial charge in [0.05, 0.1) is 5.02 Å². The predicted molar refractivity (Wildman–Crippen MR) is 97.7 cm³/mol. The van der Waals surface area contributed by atoms with Crippen LogP contribution in [0.2, 0.25) is 5.02 Å². The molecule has 3 rings (SSSR count). The summed E-state index contributed by atoms with van der Waals surface area (Å²) in [6.07, 6.45) is 2.93. The van der Waals surface area contributed by atoms with Gasteiger partial charge in [-0.3, -0.25) is 4.79 Å². The van der Waals surface area contributed by atoms with Gasteiger partial charge >= 0.3 is 0 Å². The smallest absolute Gasteiger partial charge is 0.267 e. The fourth-order valence-corrected chi connectivity index (χ4v) is 3.75. The molecule has 2 heterocycles. The number of halogens is 1. The number of nitrogens with zero attached hydrogens (tertiary/aromatic N) is 2. The van der Waals surface area contributed by atoms with E-state index in [0.29, 0.717) is 23.2 Å². The number of rotatable bonds is 5. The fourth-order valence-electron chi connectivity index (χ4n) is 3.50. The summed E-state index contributed by atoms with van der Waals surface area (Å²) in [6.45, 7) is 5.87. The summed E-state index contributed by atoms with van der Waals surface area (Å²) in [6, 6.07) is 10.3. The lowest BCUT2D eigenvalue weighted by Gasteiger charge is -2.17. The Morgan fingerprint density at radius 3 is 2.88 bits per heavy atom. The molecule has 24 heavy (non-hydrogen) atoms. The number of aromatic nitrogens is 1. The molecule has 1 aromatic carbocycles. The third-order valence-electron chi connectivity index (χ3n) is 4.82. The summed E-state index contributed by atoms with van der Waals surface area (Å²) < 4.78 is 1.75. The van der Waals surface area contributed by atoms with Crippen molar-refractivity contribution < 1.29 is 4.79 Å². The molecule has 1 aromatic heterocycles. The van der Waals surface area contributed by atoms with Crippen LogP contribution in [0.25, 0.3) is 0 Å². The van der Waals surface area contributed by atoms with Crippen LogP contribution >= 0.6 is 11.6 Å². The number of aryl methyl sites for hydroxylation is 2. The summed E-state index contributed by atoms with van der Waals surface area (Å²) in [5.74, 6) is 0.535. The van der Waals surface area contributed by atoms with Gasteiger partial charge in [-0.1, -0.05) is 35.9 Å². The van der Waals surface area contributed by atoms with Crippen LogP contribution < -0.4 is 5.32 Å². The first kappa shape index (κ1) is 17.1. The molecule has 1 amide bonds. The summed E-state index contributed by atoms with van der Waals surface area (Å²) in [5.41, 5.74) is 3.43. The molecule has 1 aliphatic rings. The van der Waals surface area contributed by atoms with E-state index in [-0.39, 0.29) is 5.91 Å². The molecule has 1 N–H and O–H groups in total. The third-order valence-corrected chi connectivity index (χ3v) is 5.03. The van der Waals surface area contributed by atoms with Crippen molar-refractivity contribution in [2.45, 2.75) is 19.3 Å². The van der Waals surface area contributed by atoms with Crippen molar-refractivity contribution in [3.63, 3.8) is 0 Å². The van der Waals surface area contributed by atoms with Crippen LogP contribution in [0.4, 0.5) is 0 Å². The molecule has 0 spiro atoms. The average Bonchev–Trinajstić information content (AvgIpc) is 3.14. The zero-order valence-electron chi connectivity index (χ0n) is 14.3. The van der Waals surface area contributed by atoms with Crippen LogP contribution in [-0.4, -0.2) is 41.6 Å². The van der Waals surface area contributed by atoms with Gasteiger partial charge in [-0.15, -0.1) is 0 Å². The maximum atomic E-state index is 12.2. The minimum atomic E-state index is -0.0703. The lowest BCUT2D eigenvalue weighted by atomic mass is 9.94. The molecule has 5 heteroatoms. The zero-order chi connectivity index (χ0) is 17.1. The van der Waals surface area contributed by atoms with Crippen LogP contribution in [0.15, 0.2) is 36.5 Å². The second kappa shape index (κ2) is 7.41. The Bertz CT molecular complexity index is 725. The first-order valence-electron chi connectivity index (χ1n) is 8.42. The lowest BCUT2D eigenvalue weighted by Crippen LogP contribution is -2.34. The Morgan fingerprint density at radius 1 is 1.38 bits per heavy atom. The Labute approximate surface area is 148 Å². The number of amides is 1. The lowest BCUT2D eigenvalue weighted by molar-refractivity contribution is 0.0941. The van der Waals surface area contributed by atoms with Gasteiger partial charge < -0.3 is 14.8 Å². The number of hydrogen-bond donors (Lipinski definition) is 1. The number of hydrogen-bond acceptors (Lipinski definition) is 2. The molecule has 1 aliphatic heterocycles. The highest BCUT2D eigenvalue weighted by Gasteiger charge is 2.24. The van der Waals surface area contributed by atoms with Gasteiger partial charge in [-0.05, 0) is 43.0 Å². The van der Waals surface area contributed by atoms with Gasteiger partial charge in [0, 0.05) is 32.9 Å². The summed E-state index contributed by atoms with van der Waals surface area (Å²) in [5, 5.41) is 3.57. The van der Waals surface area contributed by atoms with E-state index in [1.165, 1.54) is 17.5 Å². The SMILES string of the molecule is Cc1ccccc1C1CCN(CCNC(=O)c2cc(Cl)cn2C)C1. The minimum absolute atomic E-state index is 0.0703. The second-order valence-electron chi connectivity index (χ2n) is 6.55. The van der Waals surface area contributed by atoms with Crippen molar-refractivity contribution >= 4 is 17.5 Å². The number of carbonyl (C=O) groups excluding carboxylic acids is 1. The van der Waals surface area contributed by atoms with E-state index in [2.05, 4.69) is 41.4 Å². The molecule has 0 bridgehead atoms. The molecule has 0 radical (unpaired) electrons. The molecule has 2 aromatic rings. The van der Waals surface area contributed by atoms with E-state index in [1.807, 2.05) is 7.05 Å². The van der Waals surface area contributed by atoms with Gasteiger partial charge in [0.2, 0.25) is 0 Å². The van der Waals surface area contributed by atoms with Crippen molar-refractivity contribution in [1.82, 2.24) is 14.8 Å². The molecular weight excluding hydrogens is 322 g/mol. The minimum Gasteiger partial charge on any atom is -0.349 e. The highest BCUT2D eigenvalue weighted by Crippen LogP contribution is 2.28. The molecule has 1 atom stereocenters. The summed E-state index contributed by atoms with van der Waals surface area (Å²) in [4.78, 5) is 14.6. The van der Waals surface area contributed by atoms with E-state index in [4.69, 9.17) is 11.6 Å².